The largest absolute Gasteiger partial charge is 0.465 e. The lowest BCUT2D eigenvalue weighted by atomic mass is 10.0. The number of nitrogens with one attached hydrogen (secondary N) is 1. The van der Waals surface area contributed by atoms with Crippen molar-refractivity contribution in [2.24, 2.45) is 0 Å². The number of pyridine rings is 1. The minimum atomic E-state index is -0.557. The molecule has 1 unspecified atom stereocenters. The van der Waals surface area contributed by atoms with E-state index in [0.29, 0.717) is 22.3 Å². The number of aromatic nitrogens is 1. The molecule has 0 aliphatic carbocycles. The van der Waals surface area contributed by atoms with Crippen molar-refractivity contribution in [1.82, 2.24) is 10.3 Å². The van der Waals surface area contributed by atoms with Crippen LogP contribution in [0.15, 0.2) is 10.7 Å². The number of hydrogen-bond donors (Lipinski definition) is 1. The SMILES string of the molecule is COC(=O)c1cnc(Cl)c(Br)c1N1CCCC(NC(=O)OC(C)(C)C)C1. The van der Waals surface area contributed by atoms with E-state index in [9.17, 15) is 9.59 Å². The lowest BCUT2D eigenvalue weighted by molar-refractivity contribution is 0.0498. The highest BCUT2D eigenvalue weighted by Gasteiger charge is 2.29. The Morgan fingerprint density at radius 1 is 1.42 bits per heavy atom. The van der Waals surface area contributed by atoms with Crippen LogP contribution in [0, 0.1) is 0 Å². The van der Waals surface area contributed by atoms with Gasteiger partial charge in [0.15, 0.2) is 0 Å². The number of carbonyl (C=O) groups excluding carboxylic acids is 2. The third-order valence-electron chi connectivity index (χ3n) is 3.81. The first-order chi connectivity index (χ1) is 12.1. The van der Waals surface area contributed by atoms with E-state index in [2.05, 4.69) is 26.2 Å². The number of anilines is 1. The van der Waals surface area contributed by atoms with Crippen molar-refractivity contribution in [3.8, 4) is 0 Å². The molecule has 1 amide bonds. The van der Waals surface area contributed by atoms with Gasteiger partial charge in [-0.05, 0) is 49.5 Å². The van der Waals surface area contributed by atoms with Gasteiger partial charge in [0.05, 0.1) is 17.3 Å². The van der Waals surface area contributed by atoms with E-state index in [1.165, 1.54) is 13.3 Å². The summed E-state index contributed by atoms with van der Waals surface area (Å²) >= 11 is 9.54. The molecule has 0 bridgehead atoms. The molecule has 1 atom stereocenters. The number of methoxy groups -OCH3 is 1. The van der Waals surface area contributed by atoms with E-state index < -0.39 is 17.7 Å². The zero-order valence-corrected chi connectivity index (χ0v) is 17.6. The predicted molar refractivity (Wildman–Crippen MR) is 103 cm³/mol. The Balaban J connectivity index is 2.20. The quantitative estimate of drug-likeness (QED) is 0.560. The van der Waals surface area contributed by atoms with E-state index in [4.69, 9.17) is 21.1 Å². The van der Waals surface area contributed by atoms with Gasteiger partial charge in [-0.1, -0.05) is 11.6 Å². The third kappa shape index (κ3) is 5.23. The van der Waals surface area contributed by atoms with Crippen molar-refractivity contribution in [2.45, 2.75) is 45.3 Å². The van der Waals surface area contributed by atoms with Crippen LogP contribution in [0.25, 0.3) is 0 Å². The molecule has 1 N–H and O–H groups in total. The maximum Gasteiger partial charge on any atom is 0.407 e. The van der Waals surface area contributed by atoms with Crippen LogP contribution in [0.5, 0.6) is 0 Å². The second-order valence-electron chi connectivity index (χ2n) is 7.05. The zero-order chi connectivity index (χ0) is 19.5. The molecule has 144 valence electrons. The average molecular weight is 449 g/mol. The first-order valence-corrected chi connectivity index (χ1v) is 9.46. The highest BCUT2D eigenvalue weighted by molar-refractivity contribution is 9.10. The Morgan fingerprint density at radius 2 is 2.12 bits per heavy atom. The minimum Gasteiger partial charge on any atom is -0.465 e. The molecule has 1 aromatic heterocycles. The first-order valence-electron chi connectivity index (χ1n) is 8.29. The molecule has 9 heteroatoms. The molecule has 0 aromatic carbocycles. The Bertz CT molecular complexity index is 693. The summed E-state index contributed by atoms with van der Waals surface area (Å²) in [5.74, 6) is -0.493. The smallest absolute Gasteiger partial charge is 0.407 e. The number of ether oxygens (including phenoxy) is 2. The van der Waals surface area contributed by atoms with E-state index in [-0.39, 0.29) is 11.2 Å². The van der Waals surface area contributed by atoms with Crippen LogP contribution in [-0.2, 0) is 9.47 Å². The predicted octanol–water partition coefficient (Wildman–Crippen LogP) is 3.78. The van der Waals surface area contributed by atoms with Crippen molar-refractivity contribution in [3.05, 3.63) is 21.4 Å². The second-order valence-corrected chi connectivity index (χ2v) is 8.20. The molecule has 0 radical (unpaired) electrons. The normalized spacial score (nSPS) is 17.6. The lowest BCUT2D eigenvalue weighted by Gasteiger charge is -2.36. The van der Waals surface area contributed by atoms with Crippen LogP contribution in [0.4, 0.5) is 10.5 Å². The summed E-state index contributed by atoms with van der Waals surface area (Å²) in [5, 5.41) is 3.15. The van der Waals surface area contributed by atoms with E-state index in [0.717, 1.165) is 19.4 Å². The van der Waals surface area contributed by atoms with Gasteiger partial charge in [0.1, 0.15) is 16.3 Å². The monoisotopic (exact) mass is 447 g/mol. The third-order valence-corrected chi connectivity index (χ3v) is 5.08. The molecule has 2 rings (SSSR count). The number of amides is 1. The summed E-state index contributed by atoms with van der Waals surface area (Å²) in [7, 11) is 1.32. The fourth-order valence-corrected chi connectivity index (χ4v) is 3.50. The van der Waals surface area contributed by atoms with Crippen LogP contribution < -0.4 is 10.2 Å². The van der Waals surface area contributed by atoms with Crippen molar-refractivity contribution in [3.63, 3.8) is 0 Å². The average Bonchev–Trinajstić information content (AvgIpc) is 2.54. The molecule has 26 heavy (non-hydrogen) atoms. The van der Waals surface area contributed by atoms with Gasteiger partial charge in [0.25, 0.3) is 0 Å². The maximum absolute atomic E-state index is 12.1. The molecule has 1 saturated heterocycles. The van der Waals surface area contributed by atoms with Gasteiger partial charge in [-0.25, -0.2) is 14.6 Å². The second kappa shape index (κ2) is 8.43. The van der Waals surface area contributed by atoms with Gasteiger partial charge in [-0.3, -0.25) is 0 Å². The molecule has 0 spiro atoms. The van der Waals surface area contributed by atoms with Crippen molar-refractivity contribution in [2.75, 3.05) is 25.1 Å². The molecule has 1 fully saturated rings. The van der Waals surface area contributed by atoms with Crippen LogP contribution >= 0.6 is 27.5 Å². The van der Waals surface area contributed by atoms with Crippen molar-refractivity contribution >= 4 is 45.3 Å². The summed E-state index contributed by atoms with van der Waals surface area (Å²) < 4.78 is 10.7. The Hall–Kier alpha value is -1.54. The van der Waals surface area contributed by atoms with E-state index >= 15 is 0 Å². The maximum atomic E-state index is 12.1. The fourth-order valence-electron chi connectivity index (χ4n) is 2.80. The van der Waals surface area contributed by atoms with Crippen molar-refractivity contribution < 1.29 is 19.1 Å². The Morgan fingerprint density at radius 3 is 2.73 bits per heavy atom. The summed E-state index contributed by atoms with van der Waals surface area (Å²) in [4.78, 5) is 30.2. The summed E-state index contributed by atoms with van der Waals surface area (Å²) in [6, 6.07) is -0.108. The highest BCUT2D eigenvalue weighted by Crippen LogP contribution is 2.36. The standard InChI is InChI=1S/C17H23BrClN3O4/c1-17(2,3)26-16(24)21-10-6-5-7-22(9-10)13-11(15(23)25-4)8-20-14(19)12(13)18/h8,10H,5-7,9H2,1-4H3,(H,21,24). The Kier molecular flexibility index (Phi) is 6.74. The lowest BCUT2D eigenvalue weighted by Crippen LogP contribution is -2.49. The summed E-state index contributed by atoms with van der Waals surface area (Å²) in [6.45, 7) is 6.69. The number of esters is 1. The Labute approximate surface area is 166 Å². The molecule has 1 aliphatic heterocycles. The first kappa shape index (κ1) is 20.8. The number of piperidine rings is 1. The van der Waals surface area contributed by atoms with Crippen molar-refractivity contribution in [1.29, 1.82) is 0 Å². The van der Waals surface area contributed by atoms with E-state index in [1.54, 1.807) is 0 Å². The molecule has 1 aromatic rings. The fraction of sp³-hybridized carbons (Fsp3) is 0.588. The van der Waals surface area contributed by atoms with Crippen LogP contribution in [0.3, 0.4) is 0 Å². The van der Waals surface area contributed by atoms with Gasteiger partial charge < -0.3 is 19.7 Å². The van der Waals surface area contributed by atoms with Gasteiger partial charge in [-0.2, -0.15) is 0 Å². The number of carbonyl (C=O) groups is 2. The van der Waals surface area contributed by atoms with Gasteiger partial charge in [-0.15, -0.1) is 0 Å². The number of alkyl carbamates (subject to hydrolysis) is 1. The molecule has 0 saturated carbocycles. The van der Waals surface area contributed by atoms with Gasteiger partial charge in [0.2, 0.25) is 0 Å². The van der Waals surface area contributed by atoms with Crippen LogP contribution in [0.2, 0.25) is 5.15 Å². The molecule has 7 nitrogen and oxygen atoms in total. The molecular formula is C17H23BrClN3O4. The summed E-state index contributed by atoms with van der Waals surface area (Å²) in [5.41, 5.74) is 0.382. The topological polar surface area (TPSA) is 80.8 Å². The zero-order valence-electron chi connectivity index (χ0n) is 15.3. The molecule has 1 aliphatic rings. The summed E-state index contributed by atoms with van der Waals surface area (Å²) in [6.07, 6.45) is 2.61. The number of rotatable bonds is 3. The number of halogens is 2. The van der Waals surface area contributed by atoms with E-state index in [1.807, 2.05) is 25.7 Å². The van der Waals surface area contributed by atoms with Crippen LogP contribution in [-0.4, -0.2) is 48.9 Å². The van der Waals surface area contributed by atoms with Crippen LogP contribution in [0.1, 0.15) is 44.0 Å². The van der Waals surface area contributed by atoms with Gasteiger partial charge in [0, 0.05) is 25.3 Å². The molecular weight excluding hydrogens is 426 g/mol. The number of nitrogens with zero attached hydrogens (tertiary/aromatic N) is 2. The minimum absolute atomic E-state index is 0.108. The number of hydrogen-bond acceptors (Lipinski definition) is 6. The van der Waals surface area contributed by atoms with Gasteiger partial charge >= 0.3 is 12.1 Å². The highest BCUT2D eigenvalue weighted by atomic mass is 79.9. The molecule has 2 heterocycles.